The predicted molar refractivity (Wildman–Crippen MR) is 207 cm³/mol. The van der Waals surface area contributed by atoms with Crippen LogP contribution < -0.4 is 5.73 Å². The molecule has 0 amide bonds. The van der Waals surface area contributed by atoms with Crippen LogP contribution in [0.4, 0.5) is 0 Å². The van der Waals surface area contributed by atoms with Crippen LogP contribution in [0.1, 0.15) is 212 Å². The normalized spacial score (nSPS) is 10.2. The maximum absolute atomic E-state index is 10.2. The summed E-state index contributed by atoms with van der Waals surface area (Å²) >= 11 is 0. The van der Waals surface area contributed by atoms with Crippen molar-refractivity contribution < 1.29 is 19.8 Å². The van der Waals surface area contributed by atoms with E-state index in [0.29, 0.717) is 12.8 Å². The van der Waals surface area contributed by atoms with Crippen LogP contribution in [0.3, 0.4) is 0 Å². The number of hydrogen-bond donors (Lipinski definition) is 3. The van der Waals surface area contributed by atoms with Crippen LogP contribution >= 0.6 is 0 Å². The van der Waals surface area contributed by atoms with Gasteiger partial charge < -0.3 is 15.9 Å². The second-order valence-corrected chi connectivity index (χ2v) is 13.4. The SMILES string of the molecule is CCCCCCCCCCCC(=O)O.CCCCCCCCCCCC(=O)O.CCCCCCCCCCN.Cc1cccc(C)c1. The Bertz CT molecular complexity index is 695. The van der Waals surface area contributed by atoms with Gasteiger partial charge in [0.05, 0.1) is 0 Å². The summed E-state index contributed by atoms with van der Waals surface area (Å²) in [6.07, 6.45) is 33.9. The van der Waals surface area contributed by atoms with Gasteiger partial charge in [-0.2, -0.15) is 0 Å². The Labute approximate surface area is 293 Å². The van der Waals surface area contributed by atoms with Crippen LogP contribution in [0.25, 0.3) is 0 Å². The number of benzene rings is 1. The van der Waals surface area contributed by atoms with E-state index >= 15 is 0 Å². The first-order chi connectivity index (χ1) is 22.7. The van der Waals surface area contributed by atoms with E-state index in [1.165, 1.54) is 152 Å². The lowest BCUT2D eigenvalue weighted by Gasteiger charge is -2.00. The Balaban J connectivity index is -0.000000559. The maximum atomic E-state index is 10.2. The number of carbonyl (C=O) groups is 2. The van der Waals surface area contributed by atoms with Crippen LogP contribution in [0, 0.1) is 13.8 Å². The van der Waals surface area contributed by atoms with Gasteiger partial charge in [0.15, 0.2) is 0 Å². The van der Waals surface area contributed by atoms with E-state index in [4.69, 9.17) is 15.9 Å². The summed E-state index contributed by atoms with van der Waals surface area (Å²) in [6, 6.07) is 8.45. The Hall–Kier alpha value is -1.88. The van der Waals surface area contributed by atoms with E-state index in [-0.39, 0.29) is 0 Å². The van der Waals surface area contributed by atoms with Crippen molar-refractivity contribution in [2.24, 2.45) is 5.73 Å². The number of rotatable bonds is 28. The predicted octanol–water partition coefficient (Wildman–Crippen LogP) is 13.4. The standard InChI is InChI=1S/2C12H24O2.C10H23N.C8H10/c2*1-2-3-4-5-6-7-8-9-10-11-12(13)14;1-2-3-4-5-6-7-8-9-10-11;1-7-4-3-5-8(2)6-7/h2*2-11H2,1H3,(H,13,14);2-11H2,1H3;3-6H,1-2H3. The molecule has 5 heteroatoms. The number of aliphatic carboxylic acids is 2. The number of nitrogens with two attached hydrogens (primary N) is 1. The first-order valence-electron chi connectivity index (χ1n) is 19.9. The zero-order valence-electron chi connectivity index (χ0n) is 32.1. The average Bonchev–Trinajstić information content (AvgIpc) is 3.03. The van der Waals surface area contributed by atoms with Gasteiger partial charge in [-0.05, 0) is 39.7 Å². The third kappa shape index (κ3) is 53.9. The topological polar surface area (TPSA) is 101 Å². The highest BCUT2D eigenvalue weighted by atomic mass is 16.4. The van der Waals surface area contributed by atoms with Gasteiger partial charge in [-0.15, -0.1) is 0 Å². The molecule has 278 valence electrons. The second kappa shape index (κ2) is 44.1. The Morgan fingerprint density at radius 3 is 0.936 bits per heavy atom. The van der Waals surface area contributed by atoms with Crippen molar-refractivity contribution in [1.82, 2.24) is 0 Å². The Kier molecular flexibility index (Phi) is 46.5. The highest BCUT2D eigenvalue weighted by Crippen LogP contribution is 2.11. The van der Waals surface area contributed by atoms with Gasteiger partial charge in [0.2, 0.25) is 0 Å². The molecule has 0 heterocycles. The van der Waals surface area contributed by atoms with E-state index in [0.717, 1.165) is 32.2 Å². The maximum Gasteiger partial charge on any atom is 0.303 e. The van der Waals surface area contributed by atoms with Crippen molar-refractivity contribution in [2.45, 2.75) is 214 Å². The van der Waals surface area contributed by atoms with Crippen LogP contribution in [-0.4, -0.2) is 28.7 Å². The monoisotopic (exact) mass is 664 g/mol. The molecule has 1 rings (SSSR count). The number of carboxylic acids is 2. The molecule has 0 unspecified atom stereocenters. The molecule has 0 saturated carbocycles. The van der Waals surface area contributed by atoms with Gasteiger partial charge in [0.1, 0.15) is 0 Å². The first-order valence-corrected chi connectivity index (χ1v) is 19.9. The highest BCUT2D eigenvalue weighted by molar-refractivity contribution is 5.66. The molecule has 0 aliphatic rings. The third-order valence-electron chi connectivity index (χ3n) is 8.22. The summed E-state index contributed by atoms with van der Waals surface area (Å²) in [5, 5.41) is 16.8. The molecule has 1 aromatic rings. The molecule has 0 saturated heterocycles. The van der Waals surface area contributed by atoms with Crippen molar-refractivity contribution in [3.63, 3.8) is 0 Å². The van der Waals surface area contributed by atoms with E-state index < -0.39 is 11.9 Å². The lowest BCUT2D eigenvalue weighted by molar-refractivity contribution is -0.138. The van der Waals surface area contributed by atoms with Crippen molar-refractivity contribution in [3.05, 3.63) is 35.4 Å². The van der Waals surface area contributed by atoms with Crippen molar-refractivity contribution >= 4 is 11.9 Å². The van der Waals surface area contributed by atoms with Gasteiger partial charge in [-0.3, -0.25) is 9.59 Å². The molecular weight excluding hydrogens is 582 g/mol. The van der Waals surface area contributed by atoms with Crippen LogP contribution in [-0.2, 0) is 9.59 Å². The molecule has 0 aliphatic carbocycles. The Morgan fingerprint density at radius 1 is 0.468 bits per heavy atom. The summed E-state index contributed by atoms with van der Waals surface area (Å²) in [5.41, 5.74) is 8.07. The van der Waals surface area contributed by atoms with Gasteiger partial charge in [0.25, 0.3) is 0 Å². The summed E-state index contributed by atoms with van der Waals surface area (Å²) in [4.78, 5) is 20.4. The molecule has 0 aromatic heterocycles. The first kappa shape index (κ1) is 49.5. The number of aryl methyl sites for hydroxylation is 2. The van der Waals surface area contributed by atoms with Gasteiger partial charge in [0, 0.05) is 12.8 Å². The third-order valence-corrected chi connectivity index (χ3v) is 8.22. The van der Waals surface area contributed by atoms with Gasteiger partial charge in [-0.25, -0.2) is 0 Å². The Morgan fingerprint density at radius 2 is 0.723 bits per heavy atom. The van der Waals surface area contributed by atoms with Crippen molar-refractivity contribution in [1.29, 1.82) is 0 Å². The van der Waals surface area contributed by atoms with E-state index in [2.05, 4.69) is 58.9 Å². The van der Waals surface area contributed by atoms with Crippen LogP contribution in [0.15, 0.2) is 24.3 Å². The minimum absolute atomic E-state index is 0.343. The largest absolute Gasteiger partial charge is 0.481 e. The van der Waals surface area contributed by atoms with Gasteiger partial charge >= 0.3 is 11.9 Å². The minimum Gasteiger partial charge on any atom is -0.481 e. The summed E-state index contributed by atoms with van der Waals surface area (Å²) in [7, 11) is 0. The molecule has 1 aromatic carbocycles. The smallest absolute Gasteiger partial charge is 0.303 e. The van der Waals surface area contributed by atoms with E-state index in [1.807, 2.05) is 0 Å². The second-order valence-electron chi connectivity index (χ2n) is 13.4. The van der Waals surface area contributed by atoms with Gasteiger partial charge in [-0.1, -0.05) is 204 Å². The number of hydrogen-bond acceptors (Lipinski definition) is 3. The molecule has 0 fully saturated rings. The molecule has 0 radical (unpaired) electrons. The van der Waals surface area contributed by atoms with Crippen LogP contribution in [0.5, 0.6) is 0 Å². The quantitative estimate of drug-likeness (QED) is 0.0774. The minimum atomic E-state index is -0.659. The zero-order chi connectivity index (χ0) is 35.6. The molecule has 0 spiro atoms. The summed E-state index contributed by atoms with van der Waals surface area (Å²) < 4.78 is 0. The lowest BCUT2D eigenvalue weighted by Crippen LogP contribution is -1.97. The summed E-state index contributed by atoms with van der Waals surface area (Å²) in [5.74, 6) is -1.32. The van der Waals surface area contributed by atoms with E-state index in [1.54, 1.807) is 0 Å². The fourth-order valence-corrected chi connectivity index (χ4v) is 5.26. The fourth-order valence-electron chi connectivity index (χ4n) is 5.26. The lowest BCUT2D eigenvalue weighted by atomic mass is 10.1. The highest BCUT2D eigenvalue weighted by Gasteiger charge is 1.97. The molecule has 0 bridgehead atoms. The molecule has 47 heavy (non-hydrogen) atoms. The van der Waals surface area contributed by atoms with Crippen LogP contribution in [0.2, 0.25) is 0 Å². The summed E-state index contributed by atoms with van der Waals surface area (Å²) in [6.45, 7) is 11.8. The van der Waals surface area contributed by atoms with Crippen molar-refractivity contribution in [3.8, 4) is 0 Å². The molecule has 4 N–H and O–H groups in total. The number of carboxylic acid groups (broad SMARTS) is 2. The van der Waals surface area contributed by atoms with Crippen molar-refractivity contribution in [2.75, 3.05) is 6.54 Å². The van der Waals surface area contributed by atoms with E-state index in [9.17, 15) is 9.59 Å². The molecule has 0 atom stereocenters. The molecular formula is C42H81NO4. The molecule has 0 aliphatic heterocycles. The number of unbranched alkanes of at least 4 members (excludes halogenated alkanes) is 23. The zero-order valence-corrected chi connectivity index (χ0v) is 32.1. The molecule has 5 nitrogen and oxygen atoms in total. The average molecular weight is 664 g/mol. The fraction of sp³-hybridized carbons (Fsp3) is 0.810.